The van der Waals surface area contributed by atoms with E-state index in [4.69, 9.17) is 0 Å². The van der Waals surface area contributed by atoms with Crippen molar-refractivity contribution in [2.75, 3.05) is 12.4 Å². The molecular weight excluding hydrogens is 292 g/mol. The maximum absolute atomic E-state index is 11.3. The summed E-state index contributed by atoms with van der Waals surface area (Å²) in [7, 11) is 1.71. The van der Waals surface area contributed by atoms with Gasteiger partial charge >= 0.3 is 0 Å². The zero-order valence-corrected chi connectivity index (χ0v) is 11.7. The van der Waals surface area contributed by atoms with Crippen molar-refractivity contribution in [3.8, 4) is 5.95 Å². The molecule has 0 radical (unpaired) electrons. The summed E-state index contributed by atoms with van der Waals surface area (Å²) in [4.78, 5) is 30.6. The molecule has 3 aromatic heterocycles. The van der Waals surface area contributed by atoms with Crippen LogP contribution in [0.2, 0.25) is 0 Å². The van der Waals surface area contributed by atoms with E-state index in [0.717, 1.165) is 11.8 Å². The molecule has 0 aliphatic heterocycles. The van der Waals surface area contributed by atoms with E-state index in [-0.39, 0.29) is 5.56 Å². The van der Waals surface area contributed by atoms with E-state index < -0.39 is 0 Å². The van der Waals surface area contributed by atoms with Gasteiger partial charge in [-0.2, -0.15) is 20.1 Å². The Morgan fingerprint density at radius 1 is 1.29 bits per heavy atom. The van der Waals surface area contributed by atoms with Crippen molar-refractivity contribution in [1.82, 2.24) is 34.7 Å². The molecule has 2 N–H and O–H groups in total. The van der Waals surface area contributed by atoms with E-state index in [9.17, 15) is 4.79 Å². The molecule has 106 valence electrons. The lowest BCUT2D eigenvalue weighted by Crippen LogP contribution is -2.09. The molecule has 0 unspecified atom stereocenters. The number of rotatable bonds is 4. The van der Waals surface area contributed by atoms with Gasteiger partial charge in [-0.3, -0.25) is 4.79 Å². The summed E-state index contributed by atoms with van der Waals surface area (Å²) in [6.45, 7) is 0. The van der Waals surface area contributed by atoms with Gasteiger partial charge in [-0.25, -0.2) is 9.67 Å². The number of aromatic amines is 1. The van der Waals surface area contributed by atoms with Crippen molar-refractivity contribution in [2.45, 2.75) is 10.3 Å². The maximum atomic E-state index is 11.3. The molecule has 0 spiro atoms. The summed E-state index contributed by atoms with van der Waals surface area (Å²) in [6.07, 6.45) is 4.79. The fourth-order valence-corrected chi connectivity index (χ4v) is 2.18. The maximum Gasteiger partial charge on any atom is 0.256 e. The number of nitrogens with zero attached hydrogens (tertiary/aromatic N) is 6. The second-order valence-corrected chi connectivity index (χ2v) is 4.74. The van der Waals surface area contributed by atoms with Crippen LogP contribution in [0.15, 0.2) is 45.8 Å². The van der Waals surface area contributed by atoms with E-state index in [1.54, 1.807) is 25.5 Å². The lowest BCUT2D eigenvalue weighted by atomic mass is 10.7. The van der Waals surface area contributed by atoms with Crippen LogP contribution in [0.1, 0.15) is 0 Å². The molecular formula is C11H10N8OS. The fraction of sp³-hybridized carbons (Fsp3) is 0.0909. The van der Waals surface area contributed by atoms with Crippen LogP contribution in [-0.2, 0) is 0 Å². The summed E-state index contributed by atoms with van der Waals surface area (Å²) in [6, 6.07) is 3.11. The third-order valence-corrected chi connectivity index (χ3v) is 3.14. The molecule has 21 heavy (non-hydrogen) atoms. The first-order valence-corrected chi connectivity index (χ1v) is 6.73. The van der Waals surface area contributed by atoms with Crippen LogP contribution in [0, 0.1) is 0 Å². The molecule has 0 atom stereocenters. The minimum atomic E-state index is -0.234. The summed E-state index contributed by atoms with van der Waals surface area (Å²) < 4.78 is 1.52. The first-order chi connectivity index (χ1) is 10.2. The molecule has 0 saturated heterocycles. The van der Waals surface area contributed by atoms with Gasteiger partial charge < -0.3 is 10.3 Å². The van der Waals surface area contributed by atoms with Crippen molar-refractivity contribution in [3.63, 3.8) is 0 Å². The highest BCUT2D eigenvalue weighted by Crippen LogP contribution is 2.21. The Hall–Kier alpha value is -2.75. The van der Waals surface area contributed by atoms with E-state index in [0.29, 0.717) is 22.2 Å². The second-order valence-electron chi connectivity index (χ2n) is 3.78. The van der Waals surface area contributed by atoms with E-state index in [2.05, 4.69) is 35.3 Å². The van der Waals surface area contributed by atoms with Gasteiger partial charge in [-0.1, -0.05) is 0 Å². The number of H-pyrrole nitrogens is 1. The molecule has 0 amide bonds. The van der Waals surface area contributed by atoms with Gasteiger partial charge in [0.15, 0.2) is 5.16 Å². The fourth-order valence-electron chi connectivity index (χ4n) is 1.48. The Morgan fingerprint density at radius 2 is 2.19 bits per heavy atom. The van der Waals surface area contributed by atoms with Gasteiger partial charge in [-0.15, -0.1) is 0 Å². The molecule has 0 aliphatic carbocycles. The summed E-state index contributed by atoms with van der Waals surface area (Å²) >= 11 is 1.13. The van der Waals surface area contributed by atoms with E-state index in [1.165, 1.54) is 16.9 Å². The van der Waals surface area contributed by atoms with Gasteiger partial charge in [0.1, 0.15) is 0 Å². The van der Waals surface area contributed by atoms with Crippen LogP contribution < -0.4 is 10.9 Å². The Balaban J connectivity index is 1.98. The monoisotopic (exact) mass is 302 g/mol. The molecule has 0 fully saturated rings. The molecule has 3 aromatic rings. The van der Waals surface area contributed by atoms with Gasteiger partial charge in [-0.05, 0) is 17.8 Å². The lowest BCUT2D eigenvalue weighted by Gasteiger charge is -2.05. The van der Waals surface area contributed by atoms with Crippen LogP contribution in [0.4, 0.5) is 5.95 Å². The molecule has 0 saturated carbocycles. The van der Waals surface area contributed by atoms with E-state index >= 15 is 0 Å². The van der Waals surface area contributed by atoms with Crippen LogP contribution in [0.25, 0.3) is 5.95 Å². The van der Waals surface area contributed by atoms with Gasteiger partial charge in [0.05, 0.1) is 0 Å². The standard InChI is InChI=1S/C11H10N8OS/c1-12-8-16-9(19-6-2-4-14-19)18-11(17-8)21-10-13-5-3-7(20)15-10/h2-6H,1H3,(H,13,15,20)(H,12,16,17,18). The molecule has 10 heteroatoms. The third-order valence-electron chi connectivity index (χ3n) is 2.37. The predicted octanol–water partition coefficient (Wildman–Crippen LogP) is 0.334. The first kappa shape index (κ1) is 13.2. The molecule has 0 aromatic carbocycles. The zero-order chi connectivity index (χ0) is 14.7. The van der Waals surface area contributed by atoms with Crippen molar-refractivity contribution < 1.29 is 0 Å². The molecule has 3 rings (SSSR count). The number of nitrogens with one attached hydrogen (secondary N) is 2. The minimum absolute atomic E-state index is 0.234. The average Bonchev–Trinajstić information content (AvgIpc) is 3.01. The van der Waals surface area contributed by atoms with Gasteiger partial charge in [0.25, 0.3) is 11.5 Å². The Kier molecular flexibility index (Phi) is 3.60. The van der Waals surface area contributed by atoms with Crippen molar-refractivity contribution in [2.24, 2.45) is 0 Å². The summed E-state index contributed by atoms with van der Waals surface area (Å²) in [5.74, 6) is 0.774. The largest absolute Gasteiger partial charge is 0.357 e. The number of hydrogen-bond donors (Lipinski definition) is 2. The highest BCUT2D eigenvalue weighted by molar-refractivity contribution is 7.99. The van der Waals surface area contributed by atoms with Crippen molar-refractivity contribution in [1.29, 1.82) is 0 Å². The van der Waals surface area contributed by atoms with Crippen molar-refractivity contribution >= 4 is 17.7 Å². The first-order valence-electron chi connectivity index (χ1n) is 5.91. The summed E-state index contributed by atoms with van der Waals surface area (Å²) in [5, 5.41) is 7.74. The number of aromatic nitrogens is 7. The van der Waals surface area contributed by atoms with Crippen LogP contribution >= 0.6 is 11.8 Å². The quantitative estimate of drug-likeness (QED) is 0.663. The van der Waals surface area contributed by atoms with Crippen LogP contribution in [-0.4, -0.2) is 41.7 Å². The van der Waals surface area contributed by atoms with E-state index in [1.807, 2.05) is 0 Å². The highest BCUT2D eigenvalue weighted by atomic mass is 32.2. The third kappa shape index (κ3) is 3.05. The zero-order valence-electron chi connectivity index (χ0n) is 10.9. The SMILES string of the molecule is CNc1nc(Sc2nccc(=O)[nH]2)nc(-n2cccn2)n1. The van der Waals surface area contributed by atoms with Gasteiger partial charge in [0, 0.05) is 31.7 Å². The summed E-state index contributed by atoms with van der Waals surface area (Å²) in [5.41, 5.74) is -0.234. The highest BCUT2D eigenvalue weighted by Gasteiger charge is 2.10. The normalized spacial score (nSPS) is 10.5. The molecule has 3 heterocycles. The second kappa shape index (κ2) is 5.71. The smallest absolute Gasteiger partial charge is 0.256 e. The Morgan fingerprint density at radius 3 is 2.90 bits per heavy atom. The van der Waals surface area contributed by atoms with Crippen LogP contribution in [0.3, 0.4) is 0 Å². The molecule has 0 bridgehead atoms. The van der Waals surface area contributed by atoms with Crippen LogP contribution in [0.5, 0.6) is 0 Å². The number of anilines is 1. The minimum Gasteiger partial charge on any atom is -0.357 e. The number of hydrogen-bond acceptors (Lipinski definition) is 8. The topological polar surface area (TPSA) is 114 Å². The van der Waals surface area contributed by atoms with Crippen molar-refractivity contribution in [3.05, 3.63) is 41.1 Å². The average molecular weight is 302 g/mol. The molecule has 9 nitrogen and oxygen atoms in total. The Bertz CT molecular complexity index is 800. The molecule has 0 aliphatic rings. The predicted molar refractivity (Wildman–Crippen MR) is 75.5 cm³/mol. The van der Waals surface area contributed by atoms with Gasteiger partial charge in [0.2, 0.25) is 11.1 Å². The lowest BCUT2D eigenvalue weighted by molar-refractivity contribution is 0.760. The Labute approximate surface area is 122 Å².